The van der Waals surface area contributed by atoms with Crippen LogP contribution >= 0.6 is 0 Å². The number of nitrogens with zero attached hydrogens (tertiary/aromatic N) is 3. The third-order valence-electron chi connectivity index (χ3n) is 4.21. The van der Waals surface area contributed by atoms with Crippen LogP contribution in [0, 0.1) is 13.8 Å². The summed E-state index contributed by atoms with van der Waals surface area (Å²) in [5, 5.41) is 3.28. The first-order valence-electron chi connectivity index (χ1n) is 8.49. The molecule has 0 aliphatic carbocycles. The van der Waals surface area contributed by atoms with Gasteiger partial charge in [0.1, 0.15) is 11.5 Å². The number of carbonyl (C=O) groups excluding carboxylic acids is 1. The number of amides is 1. The molecule has 1 aromatic heterocycles. The fourth-order valence-electron chi connectivity index (χ4n) is 2.77. The average Bonchev–Trinajstić information content (AvgIpc) is 2.65. The first-order chi connectivity index (χ1) is 12.5. The molecule has 5 heteroatoms. The first-order valence-corrected chi connectivity index (χ1v) is 8.49. The summed E-state index contributed by atoms with van der Waals surface area (Å²) in [7, 11) is 1.76. The van der Waals surface area contributed by atoms with Crippen molar-refractivity contribution in [2.45, 2.75) is 20.4 Å². The quantitative estimate of drug-likeness (QED) is 0.755. The van der Waals surface area contributed by atoms with Gasteiger partial charge in [0.25, 0.3) is 5.91 Å². The number of hydrogen-bond acceptors (Lipinski definition) is 4. The van der Waals surface area contributed by atoms with Gasteiger partial charge in [-0.25, -0.2) is 9.97 Å². The van der Waals surface area contributed by atoms with E-state index in [2.05, 4.69) is 15.3 Å². The molecule has 0 saturated carbocycles. The Labute approximate surface area is 153 Å². The highest BCUT2D eigenvalue weighted by Gasteiger charge is 2.14. The van der Waals surface area contributed by atoms with Crippen LogP contribution in [0.3, 0.4) is 0 Å². The van der Waals surface area contributed by atoms with Gasteiger partial charge in [0.15, 0.2) is 0 Å². The molecule has 0 saturated heterocycles. The summed E-state index contributed by atoms with van der Waals surface area (Å²) >= 11 is 0. The molecule has 0 fully saturated rings. The fourth-order valence-corrected chi connectivity index (χ4v) is 2.77. The Morgan fingerprint density at radius 2 is 1.65 bits per heavy atom. The van der Waals surface area contributed by atoms with Crippen molar-refractivity contribution in [3.8, 4) is 0 Å². The molecular formula is C21H22N4O. The number of benzene rings is 2. The fraction of sp³-hybridized carbons (Fsp3) is 0.190. The molecule has 2 aromatic carbocycles. The van der Waals surface area contributed by atoms with Gasteiger partial charge >= 0.3 is 0 Å². The number of aryl methyl sites for hydroxylation is 2. The zero-order valence-corrected chi connectivity index (χ0v) is 15.2. The van der Waals surface area contributed by atoms with Crippen LogP contribution < -0.4 is 5.32 Å². The summed E-state index contributed by atoms with van der Waals surface area (Å²) in [6.07, 6.45) is 3.11. The molecule has 0 unspecified atom stereocenters. The van der Waals surface area contributed by atoms with E-state index in [1.807, 2.05) is 62.4 Å². The summed E-state index contributed by atoms with van der Waals surface area (Å²) < 4.78 is 0. The third kappa shape index (κ3) is 4.06. The lowest BCUT2D eigenvalue weighted by Gasteiger charge is -2.17. The van der Waals surface area contributed by atoms with E-state index in [0.29, 0.717) is 18.1 Å². The Morgan fingerprint density at radius 1 is 0.962 bits per heavy atom. The van der Waals surface area contributed by atoms with Crippen LogP contribution in [0.1, 0.15) is 27.2 Å². The number of rotatable bonds is 5. The van der Waals surface area contributed by atoms with E-state index in [0.717, 1.165) is 22.4 Å². The van der Waals surface area contributed by atoms with Gasteiger partial charge in [0.05, 0.1) is 12.4 Å². The SMILES string of the molecule is Cc1cccc(C)c1Nc1cnc(C(=O)N(C)Cc2ccccc2)cn1. The van der Waals surface area contributed by atoms with E-state index in [4.69, 9.17) is 0 Å². The molecule has 3 rings (SSSR count). The van der Waals surface area contributed by atoms with Crippen molar-refractivity contribution in [3.63, 3.8) is 0 Å². The summed E-state index contributed by atoms with van der Waals surface area (Å²) in [5.41, 5.74) is 4.69. The van der Waals surface area contributed by atoms with Crippen LogP contribution in [0.4, 0.5) is 11.5 Å². The second-order valence-electron chi connectivity index (χ2n) is 6.33. The van der Waals surface area contributed by atoms with E-state index in [1.54, 1.807) is 18.1 Å². The van der Waals surface area contributed by atoms with Gasteiger partial charge in [-0.3, -0.25) is 4.79 Å². The van der Waals surface area contributed by atoms with Crippen LogP contribution in [0.15, 0.2) is 60.9 Å². The maximum absolute atomic E-state index is 12.5. The Balaban J connectivity index is 1.70. The predicted molar refractivity (Wildman–Crippen MR) is 103 cm³/mol. The molecule has 1 heterocycles. The van der Waals surface area contributed by atoms with Crippen molar-refractivity contribution in [1.29, 1.82) is 0 Å². The lowest BCUT2D eigenvalue weighted by Crippen LogP contribution is -2.27. The van der Waals surface area contributed by atoms with Crippen molar-refractivity contribution >= 4 is 17.4 Å². The minimum atomic E-state index is -0.153. The smallest absolute Gasteiger partial charge is 0.274 e. The number of nitrogens with one attached hydrogen (secondary N) is 1. The Hall–Kier alpha value is -3.21. The van der Waals surface area contributed by atoms with Crippen molar-refractivity contribution in [2.24, 2.45) is 0 Å². The highest BCUT2D eigenvalue weighted by atomic mass is 16.2. The highest BCUT2D eigenvalue weighted by molar-refractivity contribution is 5.91. The average molecular weight is 346 g/mol. The summed E-state index contributed by atoms with van der Waals surface area (Å²) in [6.45, 7) is 4.61. The van der Waals surface area contributed by atoms with E-state index >= 15 is 0 Å². The van der Waals surface area contributed by atoms with Gasteiger partial charge in [-0.15, -0.1) is 0 Å². The van der Waals surface area contributed by atoms with Crippen molar-refractivity contribution in [3.05, 3.63) is 83.3 Å². The molecule has 1 amide bonds. The van der Waals surface area contributed by atoms with Crippen LogP contribution in [0.5, 0.6) is 0 Å². The van der Waals surface area contributed by atoms with Gasteiger partial charge in [0.2, 0.25) is 0 Å². The zero-order valence-electron chi connectivity index (χ0n) is 15.2. The van der Waals surface area contributed by atoms with E-state index in [1.165, 1.54) is 6.20 Å². The molecule has 0 radical (unpaired) electrons. The van der Waals surface area contributed by atoms with Crippen molar-refractivity contribution in [1.82, 2.24) is 14.9 Å². The first kappa shape index (κ1) is 17.6. The lowest BCUT2D eigenvalue weighted by atomic mass is 10.1. The van der Waals surface area contributed by atoms with Crippen LogP contribution in [0.2, 0.25) is 0 Å². The molecular weight excluding hydrogens is 324 g/mol. The maximum Gasteiger partial charge on any atom is 0.274 e. The van der Waals surface area contributed by atoms with Gasteiger partial charge < -0.3 is 10.2 Å². The molecule has 0 aliphatic rings. The zero-order chi connectivity index (χ0) is 18.5. The highest BCUT2D eigenvalue weighted by Crippen LogP contribution is 2.22. The number of anilines is 2. The summed E-state index contributed by atoms with van der Waals surface area (Å²) in [4.78, 5) is 22.8. The maximum atomic E-state index is 12.5. The van der Waals surface area contributed by atoms with Gasteiger partial charge in [-0.1, -0.05) is 48.5 Å². The minimum Gasteiger partial charge on any atom is -0.339 e. The standard InChI is InChI=1S/C21H22N4O/c1-15-8-7-9-16(2)20(15)24-19-13-22-18(12-23-19)21(26)25(3)14-17-10-5-4-6-11-17/h4-13H,14H2,1-3H3,(H,23,24). The van der Waals surface area contributed by atoms with Gasteiger partial charge in [-0.05, 0) is 30.5 Å². The molecule has 1 N–H and O–H groups in total. The topological polar surface area (TPSA) is 58.1 Å². The van der Waals surface area contributed by atoms with Crippen LogP contribution in [0.25, 0.3) is 0 Å². The largest absolute Gasteiger partial charge is 0.339 e. The molecule has 0 aliphatic heterocycles. The Morgan fingerprint density at radius 3 is 2.27 bits per heavy atom. The van der Waals surface area contributed by atoms with Crippen LogP contribution in [-0.2, 0) is 6.54 Å². The molecule has 0 atom stereocenters. The van der Waals surface area contributed by atoms with Gasteiger partial charge in [-0.2, -0.15) is 0 Å². The summed E-state index contributed by atoms with van der Waals surface area (Å²) in [5.74, 6) is 0.463. The van der Waals surface area contributed by atoms with Crippen molar-refractivity contribution < 1.29 is 4.79 Å². The number of aromatic nitrogens is 2. The minimum absolute atomic E-state index is 0.153. The van der Waals surface area contributed by atoms with E-state index < -0.39 is 0 Å². The number of para-hydroxylation sites is 1. The van der Waals surface area contributed by atoms with E-state index in [9.17, 15) is 4.79 Å². The third-order valence-corrected chi connectivity index (χ3v) is 4.21. The molecule has 3 aromatic rings. The van der Waals surface area contributed by atoms with Crippen molar-refractivity contribution in [2.75, 3.05) is 12.4 Å². The number of hydrogen-bond donors (Lipinski definition) is 1. The van der Waals surface area contributed by atoms with Gasteiger partial charge in [0, 0.05) is 19.3 Å². The Kier molecular flexibility index (Phi) is 5.27. The predicted octanol–water partition coefficient (Wildman–Crippen LogP) is 4.11. The molecule has 5 nitrogen and oxygen atoms in total. The molecule has 132 valence electrons. The normalized spacial score (nSPS) is 10.4. The summed E-state index contributed by atoms with van der Waals surface area (Å²) in [6, 6.07) is 16.0. The van der Waals surface area contributed by atoms with Crippen LogP contribution in [-0.4, -0.2) is 27.8 Å². The Bertz CT molecular complexity index is 871. The molecule has 0 spiro atoms. The molecule has 0 bridgehead atoms. The monoisotopic (exact) mass is 346 g/mol. The number of carbonyl (C=O) groups is 1. The van der Waals surface area contributed by atoms with E-state index in [-0.39, 0.29) is 5.91 Å². The second-order valence-corrected chi connectivity index (χ2v) is 6.33. The molecule has 26 heavy (non-hydrogen) atoms. The second kappa shape index (κ2) is 7.78. The lowest BCUT2D eigenvalue weighted by molar-refractivity contribution is 0.0779.